The molecule has 0 unspecified atom stereocenters. The maximum absolute atomic E-state index is 12.4. The van der Waals surface area contributed by atoms with Gasteiger partial charge in [0.15, 0.2) is 10.8 Å². The molecule has 29 heavy (non-hydrogen) atoms. The Morgan fingerprint density at radius 2 is 2.07 bits per heavy atom. The number of nitrogens with two attached hydrogens (primary N) is 1. The zero-order valence-electron chi connectivity index (χ0n) is 14.6. The van der Waals surface area contributed by atoms with Crippen molar-refractivity contribution in [2.24, 2.45) is 5.16 Å². The molecule has 0 bridgehead atoms. The quantitative estimate of drug-likeness (QED) is 0.159. The van der Waals surface area contributed by atoms with Crippen LogP contribution >= 0.6 is 23.1 Å². The Morgan fingerprint density at radius 1 is 1.41 bits per heavy atom. The number of nitrogen functional groups attached to an aromatic ring is 1. The zero-order valence-corrected chi connectivity index (χ0v) is 16.2. The first-order valence-corrected chi connectivity index (χ1v) is 9.09. The normalized spacial score (nSPS) is 20.2. The fraction of sp³-hybridized carbons (Fsp3) is 0.214. The average Bonchev–Trinajstić information content (AvgIpc) is 3.04. The van der Waals surface area contributed by atoms with Gasteiger partial charge in [-0.25, -0.2) is 9.78 Å². The summed E-state index contributed by atoms with van der Waals surface area (Å²) in [5.74, 6) is -2.27. The van der Waals surface area contributed by atoms with Gasteiger partial charge in [0.25, 0.3) is 11.8 Å². The SMILES string of the molecule is C=CC1=C(C(=O)O)N2C(=O)[C@@H](NC(=O)C(=NO)c3csc(N)n3)[C@H]2SC1.O.O.O. The fourth-order valence-corrected chi connectivity index (χ4v) is 4.51. The largest absolute Gasteiger partial charge is 0.477 e. The Labute approximate surface area is 171 Å². The number of carbonyl (C=O) groups excluding carboxylic acids is 2. The maximum atomic E-state index is 12.4. The van der Waals surface area contributed by atoms with Crippen LogP contribution in [0.25, 0.3) is 0 Å². The van der Waals surface area contributed by atoms with Gasteiger partial charge >= 0.3 is 5.97 Å². The van der Waals surface area contributed by atoms with Crippen molar-refractivity contribution in [3.8, 4) is 0 Å². The molecule has 3 heterocycles. The highest BCUT2D eigenvalue weighted by atomic mass is 32.2. The van der Waals surface area contributed by atoms with E-state index in [0.29, 0.717) is 11.3 Å². The molecular formula is C14H19N5O8S2. The van der Waals surface area contributed by atoms with E-state index in [4.69, 9.17) is 10.9 Å². The minimum Gasteiger partial charge on any atom is -0.477 e. The Bertz CT molecular complexity index is 883. The van der Waals surface area contributed by atoms with Crippen molar-refractivity contribution in [1.82, 2.24) is 15.2 Å². The molecule has 2 atom stereocenters. The molecule has 0 saturated carbocycles. The van der Waals surface area contributed by atoms with Crippen LogP contribution in [0, 0.1) is 0 Å². The van der Waals surface area contributed by atoms with Crippen LogP contribution in [0.15, 0.2) is 34.5 Å². The number of nitrogens with one attached hydrogen (secondary N) is 1. The summed E-state index contributed by atoms with van der Waals surface area (Å²) in [6.45, 7) is 3.56. The van der Waals surface area contributed by atoms with Crippen molar-refractivity contribution in [2.45, 2.75) is 11.4 Å². The molecule has 160 valence electrons. The van der Waals surface area contributed by atoms with Crippen LogP contribution in [0.1, 0.15) is 5.69 Å². The molecule has 13 nitrogen and oxygen atoms in total. The minimum atomic E-state index is -1.24. The van der Waals surface area contributed by atoms with Crippen molar-refractivity contribution >= 4 is 51.7 Å². The first-order chi connectivity index (χ1) is 12.4. The lowest BCUT2D eigenvalue weighted by Gasteiger charge is -2.49. The summed E-state index contributed by atoms with van der Waals surface area (Å²) < 4.78 is 0. The molecule has 0 radical (unpaired) electrons. The number of aromatic nitrogens is 1. The van der Waals surface area contributed by atoms with Crippen LogP contribution in [0.4, 0.5) is 5.13 Å². The highest BCUT2D eigenvalue weighted by molar-refractivity contribution is 8.00. The van der Waals surface area contributed by atoms with Crippen molar-refractivity contribution in [3.05, 3.63) is 35.0 Å². The number of anilines is 1. The second-order valence-electron chi connectivity index (χ2n) is 5.26. The number of allylic oxidation sites excluding steroid dienone is 1. The zero-order chi connectivity index (χ0) is 19.0. The Balaban J connectivity index is 0.00000261. The van der Waals surface area contributed by atoms with Gasteiger partial charge in [-0.3, -0.25) is 14.5 Å². The Hall–Kier alpha value is -2.98. The molecule has 1 aromatic rings. The van der Waals surface area contributed by atoms with Crippen LogP contribution < -0.4 is 11.1 Å². The molecule has 2 aliphatic rings. The summed E-state index contributed by atoms with van der Waals surface area (Å²) in [7, 11) is 0. The van der Waals surface area contributed by atoms with E-state index in [0.717, 1.165) is 16.2 Å². The lowest BCUT2D eigenvalue weighted by molar-refractivity contribution is -0.150. The summed E-state index contributed by atoms with van der Waals surface area (Å²) in [5, 5.41) is 24.9. The number of hydrogen-bond acceptors (Lipinski definition) is 9. The van der Waals surface area contributed by atoms with Crippen molar-refractivity contribution in [1.29, 1.82) is 0 Å². The number of rotatable bonds is 5. The molecule has 15 heteroatoms. The topological polar surface area (TPSA) is 253 Å². The van der Waals surface area contributed by atoms with E-state index in [1.165, 1.54) is 23.2 Å². The average molecular weight is 449 g/mol. The molecule has 11 N–H and O–H groups in total. The number of fused-ring (bicyclic) bond motifs is 1. The number of carboxylic acid groups (broad SMARTS) is 1. The van der Waals surface area contributed by atoms with Crippen LogP contribution in [0.3, 0.4) is 0 Å². The molecule has 0 aliphatic carbocycles. The number of thiazole rings is 1. The number of oxime groups is 1. The van der Waals surface area contributed by atoms with Gasteiger partial charge in [-0.1, -0.05) is 17.8 Å². The summed E-state index contributed by atoms with van der Waals surface area (Å²) in [5.41, 5.74) is 5.49. The van der Waals surface area contributed by atoms with Crippen molar-refractivity contribution in [2.75, 3.05) is 11.5 Å². The first-order valence-electron chi connectivity index (χ1n) is 7.16. The van der Waals surface area contributed by atoms with Gasteiger partial charge in [-0.15, -0.1) is 23.1 Å². The molecule has 1 saturated heterocycles. The Morgan fingerprint density at radius 3 is 2.55 bits per heavy atom. The monoisotopic (exact) mass is 449 g/mol. The summed E-state index contributed by atoms with van der Waals surface area (Å²) >= 11 is 2.37. The molecule has 0 spiro atoms. The number of carbonyl (C=O) groups is 3. The minimum absolute atomic E-state index is 0. The Kier molecular flexibility index (Phi) is 8.96. The summed E-state index contributed by atoms with van der Waals surface area (Å²) in [4.78, 5) is 41.2. The van der Waals surface area contributed by atoms with E-state index >= 15 is 0 Å². The predicted molar refractivity (Wildman–Crippen MR) is 106 cm³/mol. The third-order valence-electron chi connectivity index (χ3n) is 3.81. The number of amides is 2. The van der Waals surface area contributed by atoms with Crippen LogP contribution in [-0.2, 0) is 14.4 Å². The van der Waals surface area contributed by atoms with Crippen LogP contribution in [0.5, 0.6) is 0 Å². The third-order valence-corrected chi connectivity index (χ3v) is 5.79. The number of aliphatic carboxylic acids is 1. The number of β-lactam (4-membered cyclic amide) rings is 1. The molecule has 0 aromatic carbocycles. The van der Waals surface area contributed by atoms with Gasteiger partial charge in [0.2, 0.25) is 0 Å². The molecular weight excluding hydrogens is 430 g/mol. The lowest BCUT2D eigenvalue weighted by Crippen LogP contribution is -2.71. The van der Waals surface area contributed by atoms with Crippen molar-refractivity contribution < 1.29 is 41.1 Å². The second kappa shape index (κ2) is 9.99. The second-order valence-corrected chi connectivity index (χ2v) is 7.26. The summed E-state index contributed by atoms with van der Waals surface area (Å²) in [6, 6.07) is -0.944. The maximum Gasteiger partial charge on any atom is 0.352 e. The predicted octanol–water partition coefficient (Wildman–Crippen LogP) is -2.65. The van der Waals surface area contributed by atoms with Gasteiger partial charge in [0.05, 0.1) is 0 Å². The number of nitrogens with zero attached hydrogens (tertiary/aromatic N) is 3. The van der Waals surface area contributed by atoms with Gasteiger partial charge in [0, 0.05) is 11.1 Å². The van der Waals surface area contributed by atoms with Crippen LogP contribution in [-0.4, -0.2) is 77.3 Å². The van der Waals surface area contributed by atoms with Gasteiger partial charge in [-0.2, -0.15) is 0 Å². The highest BCUT2D eigenvalue weighted by Crippen LogP contribution is 2.40. The number of hydrogen-bond donors (Lipinski definition) is 4. The highest BCUT2D eigenvalue weighted by Gasteiger charge is 2.54. The van der Waals surface area contributed by atoms with Gasteiger partial charge in [-0.05, 0) is 5.57 Å². The molecule has 1 aromatic heterocycles. The smallest absolute Gasteiger partial charge is 0.352 e. The van der Waals surface area contributed by atoms with E-state index in [1.54, 1.807) is 0 Å². The van der Waals surface area contributed by atoms with E-state index in [1.807, 2.05) is 0 Å². The van der Waals surface area contributed by atoms with Gasteiger partial charge in [0.1, 0.15) is 22.8 Å². The fourth-order valence-electron chi connectivity index (χ4n) is 2.62. The number of carboxylic acids is 1. The van der Waals surface area contributed by atoms with E-state index in [9.17, 15) is 19.5 Å². The molecule has 1 fully saturated rings. The summed E-state index contributed by atoms with van der Waals surface area (Å²) in [6.07, 6.45) is 1.40. The lowest BCUT2D eigenvalue weighted by atomic mass is 10.0. The van der Waals surface area contributed by atoms with E-state index < -0.39 is 29.2 Å². The van der Waals surface area contributed by atoms with Gasteiger partial charge < -0.3 is 37.8 Å². The van der Waals surface area contributed by atoms with E-state index in [-0.39, 0.29) is 38.7 Å². The third kappa shape index (κ3) is 4.38. The molecule has 3 rings (SSSR count). The standard InChI is InChI=1S/C14H13N5O5S2.3H2O/c1-2-5-3-25-12-8(11(21)19(12)9(5)13(22)23)17-10(20)7(18-24)6-4-26-14(15)16-6;;;/h2,4,8,12,24H,1,3H2,(H2,15,16)(H,17,20)(H,22,23);3*1H2/t8-,12-;;;/m1.../s1. The van der Waals surface area contributed by atoms with Crippen LogP contribution in [0.2, 0.25) is 0 Å². The van der Waals surface area contributed by atoms with E-state index in [2.05, 4.69) is 22.0 Å². The molecule has 2 aliphatic heterocycles. The van der Waals surface area contributed by atoms with Crippen molar-refractivity contribution in [3.63, 3.8) is 0 Å². The molecule has 2 amide bonds. The number of thioether (sulfide) groups is 1. The first kappa shape index (κ1) is 26.0.